The summed E-state index contributed by atoms with van der Waals surface area (Å²) in [6.45, 7) is 8.79. The summed E-state index contributed by atoms with van der Waals surface area (Å²) in [5.74, 6) is 2.61. The van der Waals surface area contributed by atoms with Crippen LogP contribution in [0, 0.1) is 5.92 Å². The number of guanidine groups is 1. The molecule has 1 saturated heterocycles. The first-order valence-corrected chi connectivity index (χ1v) is 8.40. The fourth-order valence-corrected chi connectivity index (χ4v) is 3.03. The lowest BCUT2D eigenvalue weighted by molar-refractivity contribution is 0.226. The Kier molecular flexibility index (Phi) is 6.77. The van der Waals surface area contributed by atoms with E-state index in [1.165, 1.54) is 25.9 Å². The lowest BCUT2D eigenvalue weighted by Crippen LogP contribution is -2.46. The standard InChI is InChI=1S/C17H30N4O/c1-14(2)13-21-10-4-6-15(21)12-20-17(18-3)19-9-8-16-7-5-11-22-16/h5,7,11,14-15H,4,6,8-10,12-13H2,1-3H3,(H2,18,19,20)/t15-/m1/s1. The van der Waals surface area contributed by atoms with E-state index in [-0.39, 0.29) is 0 Å². The Hall–Kier alpha value is -1.49. The monoisotopic (exact) mass is 306 g/mol. The summed E-state index contributed by atoms with van der Waals surface area (Å²) in [5.41, 5.74) is 0. The van der Waals surface area contributed by atoms with Crippen LogP contribution in [0.1, 0.15) is 32.4 Å². The van der Waals surface area contributed by atoms with Crippen molar-refractivity contribution in [3.8, 4) is 0 Å². The van der Waals surface area contributed by atoms with Gasteiger partial charge in [-0.1, -0.05) is 13.8 Å². The molecule has 1 aliphatic heterocycles. The van der Waals surface area contributed by atoms with Crippen molar-refractivity contribution in [3.63, 3.8) is 0 Å². The molecule has 0 aromatic carbocycles. The summed E-state index contributed by atoms with van der Waals surface area (Å²) >= 11 is 0. The van der Waals surface area contributed by atoms with E-state index in [0.717, 1.165) is 37.1 Å². The van der Waals surface area contributed by atoms with Crippen molar-refractivity contribution in [2.75, 3.05) is 33.2 Å². The zero-order valence-electron chi connectivity index (χ0n) is 14.1. The Bertz CT molecular complexity index is 442. The van der Waals surface area contributed by atoms with Crippen molar-refractivity contribution < 1.29 is 4.42 Å². The van der Waals surface area contributed by atoms with Gasteiger partial charge in [0.2, 0.25) is 0 Å². The Labute approximate surface area is 134 Å². The third kappa shape index (κ3) is 5.37. The number of likely N-dealkylation sites (tertiary alicyclic amines) is 1. The van der Waals surface area contributed by atoms with E-state index in [1.54, 1.807) is 6.26 Å². The molecule has 2 N–H and O–H groups in total. The van der Waals surface area contributed by atoms with Crippen LogP contribution in [-0.4, -0.2) is 50.1 Å². The third-order valence-corrected chi connectivity index (χ3v) is 4.07. The molecule has 5 nitrogen and oxygen atoms in total. The summed E-state index contributed by atoms with van der Waals surface area (Å²) < 4.78 is 5.33. The summed E-state index contributed by atoms with van der Waals surface area (Å²) in [5, 5.41) is 6.81. The number of hydrogen-bond donors (Lipinski definition) is 2. The molecule has 0 saturated carbocycles. The summed E-state index contributed by atoms with van der Waals surface area (Å²) in [6, 6.07) is 4.55. The van der Waals surface area contributed by atoms with Crippen LogP contribution in [0.4, 0.5) is 0 Å². The highest BCUT2D eigenvalue weighted by molar-refractivity contribution is 5.79. The van der Waals surface area contributed by atoms with Gasteiger partial charge in [-0.25, -0.2) is 0 Å². The van der Waals surface area contributed by atoms with Crippen LogP contribution in [0.5, 0.6) is 0 Å². The van der Waals surface area contributed by atoms with Crippen molar-refractivity contribution in [1.82, 2.24) is 15.5 Å². The molecule has 0 amide bonds. The molecule has 1 atom stereocenters. The number of nitrogens with zero attached hydrogens (tertiary/aromatic N) is 2. The predicted molar refractivity (Wildman–Crippen MR) is 91.2 cm³/mol. The minimum Gasteiger partial charge on any atom is -0.469 e. The van der Waals surface area contributed by atoms with Gasteiger partial charge in [-0.05, 0) is 37.4 Å². The maximum absolute atomic E-state index is 5.33. The molecule has 0 aliphatic carbocycles. The third-order valence-electron chi connectivity index (χ3n) is 4.07. The van der Waals surface area contributed by atoms with E-state index in [2.05, 4.69) is 34.4 Å². The van der Waals surface area contributed by atoms with E-state index in [9.17, 15) is 0 Å². The van der Waals surface area contributed by atoms with Crippen LogP contribution in [0.2, 0.25) is 0 Å². The van der Waals surface area contributed by atoms with E-state index in [0.29, 0.717) is 6.04 Å². The molecule has 2 heterocycles. The highest BCUT2D eigenvalue weighted by Crippen LogP contribution is 2.17. The molecule has 1 fully saturated rings. The summed E-state index contributed by atoms with van der Waals surface area (Å²) in [6.07, 6.45) is 5.18. The molecule has 0 bridgehead atoms. The smallest absolute Gasteiger partial charge is 0.191 e. The maximum atomic E-state index is 5.33. The van der Waals surface area contributed by atoms with Crippen LogP contribution in [0.3, 0.4) is 0 Å². The average Bonchev–Trinajstić information content (AvgIpc) is 3.14. The second-order valence-electron chi connectivity index (χ2n) is 6.39. The molecule has 2 rings (SSSR count). The van der Waals surface area contributed by atoms with Gasteiger partial charge in [0.05, 0.1) is 6.26 Å². The molecular weight excluding hydrogens is 276 g/mol. The van der Waals surface area contributed by atoms with Crippen molar-refractivity contribution in [2.45, 2.75) is 39.2 Å². The highest BCUT2D eigenvalue weighted by Gasteiger charge is 2.24. The Balaban J connectivity index is 1.69. The van der Waals surface area contributed by atoms with Crippen LogP contribution >= 0.6 is 0 Å². The predicted octanol–water partition coefficient (Wildman–Crippen LogP) is 2.11. The van der Waals surface area contributed by atoms with E-state index >= 15 is 0 Å². The first-order chi connectivity index (χ1) is 10.7. The molecule has 1 aromatic heterocycles. The van der Waals surface area contributed by atoms with Gasteiger partial charge in [0.25, 0.3) is 0 Å². The minimum atomic E-state index is 0.631. The molecular formula is C17H30N4O. The number of hydrogen-bond acceptors (Lipinski definition) is 3. The molecule has 0 spiro atoms. The van der Waals surface area contributed by atoms with Crippen LogP contribution in [0.25, 0.3) is 0 Å². The van der Waals surface area contributed by atoms with Gasteiger partial charge in [-0.3, -0.25) is 9.89 Å². The van der Waals surface area contributed by atoms with Crippen LogP contribution in [0.15, 0.2) is 27.8 Å². The van der Waals surface area contributed by atoms with Gasteiger partial charge in [-0.2, -0.15) is 0 Å². The lowest BCUT2D eigenvalue weighted by atomic mass is 10.1. The number of furan rings is 1. The fourth-order valence-electron chi connectivity index (χ4n) is 3.03. The van der Waals surface area contributed by atoms with Crippen molar-refractivity contribution in [2.24, 2.45) is 10.9 Å². The van der Waals surface area contributed by atoms with Crippen molar-refractivity contribution in [1.29, 1.82) is 0 Å². The van der Waals surface area contributed by atoms with Crippen molar-refractivity contribution in [3.05, 3.63) is 24.2 Å². The first kappa shape index (κ1) is 16.9. The molecule has 1 aliphatic rings. The summed E-state index contributed by atoms with van der Waals surface area (Å²) in [4.78, 5) is 6.90. The fraction of sp³-hybridized carbons (Fsp3) is 0.706. The van der Waals surface area contributed by atoms with Gasteiger partial charge in [0.1, 0.15) is 5.76 Å². The summed E-state index contributed by atoms with van der Waals surface area (Å²) in [7, 11) is 1.82. The van der Waals surface area contributed by atoms with Gasteiger partial charge < -0.3 is 15.1 Å². The van der Waals surface area contributed by atoms with E-state index < -0.39 is 0 Å². The maximum Gasteiger partial charge on any atom is 0.191 e. The SMILES string of the molecule is CN=C(NCCc1ccco1)NC[C@H]1CCCN1CC(C)C. The Morgan fingerprint density at radius 2 is 2.32 bits per heavy atom. The largest absolute Gasteiger partial charge is 0.469 e. The quantitative estimate of drug-likeness (QED) is 0.598. The molecule has 0 radical (unpaired) electrons. The first-order valence-electron chi connectivity index (χ1n) is 8.40. The minimum absolute atomic E-state index is 0.631. The normalized spacial score (nSPS) is 19.8. The average molecular weight is 306 g/mol. The lowest BCUT2D eigenvalue weighted by Gasteiger charge is -2.27. The molecule has 124 valence electrons. The van der Waals surface area contributed by atoms with Gasteiger partial charge in [-0.15, -0.1) is 0 Å². The van der Waals surface area contributed by atoms with Gasteiger partial charge >= 0.3 is 0 Å². The van der Waals surface area contributed by atoms with Gasteiger partial charge in [0, 0.05) is 39.1 Å². The number of rotatable bonds is 7. The molecule has 5 heteroatoms. The van der Waals surface area contributed by atoms with Crippen molar-refractivity contribution >= 4 is 5.96 Å². The highest BCUT2D eigenvalue weighted by atomic mass is 16.3. The van der Waals surface area contributed by atoms with Crippen LogP contribution in [-0.2, 0) is 6.42 Å². The molecule has 1 aromatic rings. The van der Waals surface area contributed by atoms with Gasteiger partial charge in [0.15, 0.2) is 5.96 Å². The Morgan fingerprint density at radius 1 is 1.45 bits per heavy atom. The zero-order valence-corrected chi connectivity index (χ0v) is 14.1. The second kappa shape index (κ2) is 8.83. The Morgan fingerprint density at radius 3 is 3.00 bits per heavy atom. The zero-order chi connectivity index (χ0) is 15.8. The topological polar surface area (TPSA) is 52.8 Å². The molecule has 0 unspecified atom stereocenters. The van der Waals surface area contributed by atoms with Crippen LogP contribution < -0.4 is 10.6 Å². The number of aliphatic imine (C=N–C) groups is 1. The molecule has 22 heavy (non-hydrogen) atoms. The van der Waals surface area contributed by atoms with E-state index in [4.69, 9.17) is 4.42 Å². The second-order valence-corrected chi connectivity index (χ2v) is 6.39. The number of nitrogens with one attached hydrogen (secondary N) is 2. The van der Waals surface area contributed by atoms with E-state index in [1.807, 2.05) is 19.2 Å².